The Morgan fingerprint density at radius 3 is 2.66 bits per heavy atom. The number of hydrogen-bond acceptors (Lipinski definition) is 6. The van der Waals surface area contributed by atoms with Gasteiger partial charge in [0.2, 0.25) is 0 Å². The molecule has 2 aromatic rings. The third kappa shape index (κ3) is 4.54. The normalized spacial score (nSPS) is 13.7. The first kappa shape index (κ1) is 19.9. The highest BCUT2D eigenvalue weighted by molar-refractivity contribution is 6.20. The Hall–Kier alpha value is -3.83. The second-order valence-electron chi connectivity index (χ2n) is 6.14. The Labute approximate surface area is 167 Å². The summed E-state index contributed by atoms with van der Waals surface area (Å²) in [5.41, 5.74) is 1.74. The van der Waals surface area contributed by atoms with Crippen molar-refractivity contribution in [3.05, 3.63) is 71.1 Å². The van der Waals surface area contributed by atoms with Gasteiger partial charge in [0, 0.05) is 43.8 Å². The third-order valence-electron chi connectivity index (χ3n) is 4.20. The quantitative estimate of drug-likeness (QED) is 0.443. The van der Waals surface area contributed by atoms with Crippen LogP contribution in [0.4, 0.5) is 0 Å². The van der Waals surface area contributed by atoms with Crippen molar-refractivity contribution in [1.29, 1.82) is 5.26 Å². The first-order chi connectivity index (χ1) is 14.2. The van der Waals surface area contributed by atoms with Crippen molar-refractivity contribution in [3.63, 3.8) is 0 Å². The molecule has 0 unspecified atom stereocenters. The van der Waals surface area contributed by atoms with Gasteiger partial charge in [-0.2, -0.15) is 5.26 Å². The fraction of sp³-hybridized carbons (Fsp3) is 0.190. The highest BCUT2D eigenvalue weighted by Crippen LogP contribution is 2.30. The maximum atomic E-state index is 12.5. The summed E-state index contributed by atoms with van der Waals surface area (Å²) in [6, 6.07) is 12.3. The number of ether oxygens (including phenoxy) is 1. The largest absolute Gasteiger partial charge is 0.385 e. The molecule has 2 N–H and O–H groups in total. The minimum atomic E-state index is -0.517. The molecule has 1 aliphatic heterocycles. The van der Waals surface area contributed by atoms with Crippen molar-refractivity contribution < 1.29 is 14.3 Å². The summed E-state index contributed by atoms with van der Waals surface area (Å²) >= 11 is 0. The molecule has 0 fully saturated rings. The highest BCUT2D eigenvalue weighted by Gasteiger charge is 2.27. The fourth-order valence-corrected chi connectivity index (χ4v) is 2.81. The van der Waals surface area contributed by atoms with Crippen LogP contribution in [-0.4, -0.2) is 42.9 Å². The van der Waals surface area contributed by atoms with E-state index in [0.717, 1.165) is 0 Å². The van der Waals surface area contributed by atoms with Crippen molar-refractivity contribution in [2.75, 3.05) is 20.3 Å². The summed E-state index contributed by atoms with van der Waals surface area (Å²) in [6.45, 7) is 0.880. The summed E-state index contributed by atoms with van der Waals surface area (Å²) < 4.78 is 4.95. The Bertz CT molecular complexity index is 1020. The van der Waals surface area contributed by atoms with Crippen LogP contribution in [0.3, 0.4) is 0 Å². The van der Waals surface area contributed by atoms with Crippen molar-refractivity contribution in [2.24, 2.45) is 4.99 Å². The molecule has 0 aliphatic carbocycles. The molecule has 0 atom stereocenters. The van der Waals surface area contributed by atoms with Gasteiger partial charge in [-0.25, -0.2) is 4.99 Å². The molecule has 0 spiro atoms. The van der Waals surface area contributed by atoms with E-state index >= 15 is 0 Å². The van der Waals surface area contributed by atoms with Crippen LogP contribution < -0.4 is 10.6 Å². The standard InChI is InChI=1S/C21H19N5O3/c1-29-11-5-10-24-21(28)17(12-22)18-15-7-2-3-8-16(15)19(25-18)26-20(27)14-6-4-9-23-13-14/h2-4,6-9,13H,5,10-11H2,1H3,(H,24,28)(H,25,26,27)/b18-17-. The number of benzene rings is 1. The first-order valence-electron chi connectivity index (χ1n) is 8.97. The number of nitrogens with zero attached hydrogens (tertiary/aromatic N) is 3. The number of methoxy groups -OCH3 is 1. The van der Waals surface area contributed by atoms with Gasteiger partial charge in [0.15, 0.2) is 0 Å². The number of nitrogens with one attached hydrogen (secondary N) is 2. The van der Waals surface area contributed by atoms with Crippen molar-refractivity contribution in [2.45, 2.75) is 6.42 Å². The van der Waals surface area contributed by atoms with Crippen LogP contribution in [0.1, 0.15) is 27.9 Å². The molecule has 0 saturated carbocycles. The Morgan fingerprint density at radius 2 is 1.97 bits per heavy atom. The lowest BCUT2D eigenvalue weighted by Gasteiger charge is -2.06. The van der Waals surface area contributed by atoms with E-state index in [4.69, 9.17) is 4.74 Å². The molecule has 1 aliphatic rings. The molecular formula is C21H19N5O3. The Balaban J connectivity index is 1.90. The summed E-state index contributed by atoms with van der Waals surface area (Å²) in [6.07, 6.45) is 3.65. The van der Waals surface area contributed by atoms with Crippen LogP contribution in [0, 0.1) is 11.3 Å². The van der Waals surface area contributed by atoms with Crippen LogP contribution in [0.5, 0.6) is 0 Å². The van der Waals surface area contributed by atoms with Gasteiger partial charge in [-0.05, 0) is 18.6 Å². The van der Waals surface area contributed by atoms with E-state index in [1.54, 1.807) is 49.7 Å². The van der Waals surface area contributed by atoms with Crippen LogP contribution in [-0.2, 0) is 9.53 Å². The summed E-state index contributed by atoms with van der Waals surface area (Å²) in [7, 11) is 1.58. The zero-order chi connectivity index (χ0) is 20.6. The summed E-state index contributed by atoms with van der Waals surface area (Å²) in [4.78, 5) is 33.3. The molecule has 29 heavy (non-hydrogen) atoms. The minimum Gasteiger partial charge on any atom is -0.385 e. The van der Waals surface area contributed by atoms with E-state index in [9.17, 15) is 14.9 Å². The Kier molecular flexibility index (Phi) is 6.45. The number of nitriles is 1. The van der Waals surface area contributed by atoms with Crippen LogP contribution in [0.2, 0.25) is 0 Å². The van der Waals surface area contributed by atoms with E-state index in [0.29, 0.717) is 36.3 Å². The van der Waals surface area contributed by atoms with Gasteiger partial charge in [-0.1, -0.05) is 24.3 Å². The summed E-state index contributed by atoms with van der Waals surface area (Å²) in [5.74, 6) is -0.614. The number of rotatable bonds is 6. The average Bonchev–Trinajstić information content (AvgIpc) is 3.11. The first-order valence-corrected chi connectivity index (χ1v) is 8.97. The number of carbonyl (C=O) groups is 2. The molecule has 0 saturated heterocycles. The number of fused-ring (bicyclic) bond motifs is 1. The Morgan fingerprint density at radius 1 is 1.17 bits per heavy atom. The van der Waals surface area contributed by atoms with Gasteiger partial charge < -0.3 is 15.4 Å². The lowest BCUT2D eigenvalue weighted by atomic mass is 10.0. The number of hydrogen-bond donors (Lipinski definition) is 2. The van der Waals surface area contributed by atoms with Gasteiger partial charge in [-0.15, -0.1) is 0 Å². The molecule has 8 heteroatoms. The lowest BCUT2D eigenvalue weighted by molar-refractivity contribution is -0.117. The second-order valence-corrected chi connectivity index (χ2v) is 6.14. The van der Waals surface area contributed by atoms with Crippen molar-refractivity contribution >= 4 is 23.3 Å². The maximum absolute atomic E-state index is 12.5. The van der Waals surface area contributed by atoms with Crippen LogP contribution in [0.15, 0.2) is 59.4 Å². The number of amidine groups is 1. The van der Waals surface area contributed by atoms with Gasteiger partial charge in [-0.3, -0.25) is 14.6 Å². The van der Waals surface area contributed by atoms with Gasteiger partial charge in [0.05, 0.1) is 11.3 Å². The lowest BCUT2D eigenvalue weighted by Crippen LogP contribution is -2.30. The number of aromatic nitrogens is 1. The highest BCUT2D eigenvalue weighted by atomic mass is 16.5. The van der Waals surface area contributed by atoms with Gasteiger partial charge >= 0.3 is 0 Å². The van der Waals surface area contributed by atoms with E-state index in [-0.39, 0.29) is 23.0 Å². The second kappa shape index (κ2) is 9.39. The SMILES string of the molecule is COCCCNC(=O)/C(C#N)=C1\N=C(NC(=O)c2cccnc2)c2ccccc21. The molecule has 146 valence electrons. The predicted molar refractivity (Wildman–Crippen MR) is 107 cm³/mol. The molecular weight excluding hydrogens is 370 g/mol. The zero-order valence-corrected chi connectivity index (χ0v) is 15.8. The number of amides is 2. The fourth-order valence-electron chi connectivity index (χ4n) is 2.81. The molecule has 0 bridgehead atoms. The predicted octanol–water partition coefficient (Wildman–Crippen LogP) is 1.66. The van der Waals surface area contributed by atoms with Crippen LogP contribution >= 0.6 is 0 Å². The third-order valence-corrected chi connectivity index (χ3v) is 4.20. The topological polar surface area (TPSA) is 116 Å². The van der Waals surface area contributed by atoms with E-state index in [1.165, 1.54) is 6.20 Å². The molecule has 2 heterocycles. The molecule has 8 nitrogen and oxygen atoms in total. The number of aliphatic imine (C=N–C) groups is 1. The van der Waals surface area contributed by atoms with Crippen LogP contribution in [0.25, 0.3) is 5.70 Å². The zero-order valence-electron chi connectivity index (χ0n) is 15.8. The molecule has 1 aromatic heterocycles. The average molecular weight is 389 g/mol. The summed E-state index contributed by atoms with van der Waals surface area (Å²) in [5, 5.41) is 15.0. The van der Waals surface area contributed by atoms with Gasteiger partial charge in [0.1, 0.15) is 17.5 Å². The molecule has 1 aromatic carbocycles. The van der Waals surface area contributed by atoms with Gasteiger partial charge in [0.25, 0.3) is 11.8 Å². The van der Waals surface area contributed by atoms with E-state index in [1.807, 2.05) is 6.07 Å². The number of pyridine rings is 1. The molecule has 2 amide bonds. The molecule has 0 radical (unpaired) electrons. The smallest absolute Gasteiger partial charge is 0.264 e. The molecule has 3 rings (SSSR count). The maximum Gasteiger partial charge on any atom is 0.264 e. The monoisotopic (exact) mass is 389 g/mol. The van der Waals surface area contributed by atoms with E-state index < -0.39 is 5.91 Å². The van der Waals surface area contributed by atoms with Crippen molar-refractivity contribution in [3.8, 4) is 6.07 Å². The van der Waals surface area contributed by atoms with E-state index in [2.05, 4.69) is 20.6 Å². The number of carbonyl (C=O) groups excluding carboxylic acids is 2. The minimum absolute atomic E-state index is 0.111. The van der Waals surface area contributed by atoms with Crippen molar-refractivity contribution in [1.82, 2.24) is 15.6 Å².